The van der Waals surface area contributed by atoms with E-state index < -0.39 is 12.1 Å². The van der Waals surface area contributed by atoms with Crippen molar-refractivity contribution in [2.45, 2.75) is 82.1 Å². The molecule has 4 heterocycles. The van der Waals surface area contributed by atoms with Gasteiger partial charge < -0.3 is 25.6 Å². The molecule has 11 heteroatoms. The minimum Gasteiger partial charge on any atom is -0.497 e. The van der Waals surface area contributed by atoms with E-state index in [2.05, 4.69) is 15.6 Å². The average molecular weight is 588 g/mol. The first kappa shape index (κ1) is 29.1. The van der Waals surface area contributed by atoms with E-state index in [1.54, 1.807) is 16.7 Å². The third kappa shape index (κ3) is 6.08. The number of benzene rings is 2. The predicted molar refractivity (Wildman–Crippen MR) is 161 cm³/mol. The van der Waals surface area contributed by atoms with Crippen LogP contribution >= 0.6 is 0 Å². The van der Waals surface area contributed by atoms with Crippen LogP contribution < -0.4 is 15.8 Å². The van der Waals surface area contributed by atoms with Gasteiger partial charge in [0.15, 0.2) is 0 Å². The number of carbonyl (C=O) groups is 3. The summed E-state index contributed by atoms with van der Waals surface area (Å²) >= 11 is 0. The molecule has 0 unspecified atom stereocenters. The largest absolute Gasteiger partial charge is 0.497 e. The van der Waals surface area contributed by atoms with Crippen molar-refractivity contribution in [3.05, 3.63) is 53.6 Å². The highest BCUT2D eigenvalue weighted by atomic mass is 16.5. The molecule has 3 amide bonds. The van der Waals surface area contributed by atoms with Crippen molar-refractivity contribution in [2.75, 3.05) is 13.7 Å². The van der Waals surface area contributed by atoms with Gasteiger partial charge in [0.1, 0.15) is 17.3 Å². The second-order valence-electron chi connectivity index (χ2n) is 12.3. The molecule has 0 spiro atoms. The van der Waals surface area contributed by atoms with Crippen LogP contribution in [0.5, 0.6) is 5.75 Å². The predicted octanol–water partition coefficient (Wildman–Crippen LogP) is 2.31. The van der Waals surface area contributed by atoms with Crippen LogP contribution in [0.25, 0.3) is 11.0 Å². The van der Waals surface area contributed by atoms with E-state index in [0.29, 0.717) is 31.6 Å². The van der Waals surface area contributed by atoms with Crippen molar-refractivity contribution >= 4 is 28.8 Å². The number of nitrogens with zero attached hydrogens (tertiary/aromatic N) is 5. The van der Waals surface area contributed by atoms with E-state index in [-0.39, 0.29) is 36.5 Å². The van der Waals surface area contributed by atoms with Crippen molar-refractivity contribution in [1.29, 1.82) is 0 Å². The molecule has 228 valence electrons. The highest BCUT2D eigenvalue weighted by Gasteiger charge is 2.43. The topological polar surface area (TPSA) is 136 Å². The number of ether oxygens (including phenoxy) is 1. The van der Waals surface area contributed by atoms with E-state index in [1.807, 2.05) is 54.4 Å². The van der Waals surface area contributed by atoms with Crippen molar-refractivity contribution in [3.63, 3.8) is 0 Å². The van der Waals surface area contributed by atoms with Gasteiger partial charge in [-0.05, 0) is 86.3 Å². The van der Waals surface area contributed by atoms with Crippen molar-refractivity contribution in [3.8, 4) is 5.75 Å². The summed E-state index contributed by atoms with van der Waals surface area (Å²) in [7, 11) is 3.47. The molecule has 3 N–H and O–H groups in total. The van der Waals surface area contributed by atoms with Crippen LogP contribution in [-0.4, -0.2) is 80.3 Å². The molecule has 3 aromatic rings. The Morgan fingerprint density at radius 1 is 1.05 bits per heavy atom. The van der Waals surface area contributed by atoms with Crippen molar-refractivity contribution in [1.82, 2.24) is 30.1 Å². The molecule has 2 aromatic carbocycles. The first-order chi connectivity index (χ1) is 20.8. The molecule has 0 aliphatic carbocycles. The van der Waals surface area contributed by atoms with Crippen LogP contribution in [0.15, 0.2) is 42.5 Å². The summed E-state index contributed by atoms with van der Waals surface area (Å²) in [5, 5.41) is 11.2. The summed E-state index contributed by atoms with van der Waals surface area (Å²) in [5.74, 6) is 0.503. The van der Waals surface area contributed by atoms with Crippen LogP contribution in [0.1, 0.15) is 56.1 Å². The summed E-state index contributed by atoms with van der Waals surface area (Å²) < 4.78 is 6.99. The average Bonchev–Trinajstić information content (AvgIpc) is 3.82. The van der Waals surface area contributed by atoms with Crippen LogP contribution in [0.3, 0.4) is 0 Å². The number of likely N-dealkylation sites (tertiary alicyclic amines) is 1. The fourth-order valence-corrected chi connectivity index (χ4v) is 7.23. The Balaban J connectivity index is 1.11. The summed E-state index contributed by atoms with van der Waals surface area (Å²) in [4.78, 5) is 43.9. The van der Waals surface area contributed by atoms with E-state index in [9.17, 15) is 14.4 Å². The van der Waals surface area contributed by atoms with Gasteiger partial charge in [0.05, 0.1) is 18.7 Å². The zero-order valence-corrected chi connectivity index (χ0v) is 24.9. The van der Waals surface area contributed by atoms with Crippen molar-refractivity contribution < 1.29 is 19.1 Å². The van der Waals surface area contributed by atoms with Gasteiger partial charge in [0.2, 0.25) is 17.7 Å². The molecule has 0 radical (unpaired) electrons. The lowest BCUT2D eigenvalue weighted by Gasteiger charge is -2.27. The van der Waals surface area contributed by atoms with Gasteiger partial charge in [-0.15, -0.1) is 5.10 Å². The lowest BCUT2D eigenvalue weighted by molar-refractivity contribution is -0.140. The first-order valence-electron chi connectivity index (χ1n) is 15.4. The van der Waals surface area contributed by atoms with Gasteiger partial charge in [-0.1, -0.05) is 23.4 Å². The molecule has 6 rings (SSSR count). The number of fused-ring (bicyclic) bond motifs is 3. The minimum atomic E-state index is -0.835. The number of aromatic nitrogens is 3. The lowest BCUT2D eigenvalue weighted by atomic mass is 9.96. The van der Waals surface area contributed by atoms with Crippen LogP contribution in [0.4, 0.5) is 0 Å². The Morgan fingerprint density at radius 2 is 1.74 bits per heavy atom. The molecule has 3 fully saturated rings. The minimum absolute atomic E-state index is 0.0955. The second-order valence-corrected chi connectivity index (χ2v) is 12.3. The molecule has 43 heavy (non-hydrogen) atoms. The number of nitrogens with two attached hydrogens (primary N) is 1. The van der Waals surface area contributed by atoms with Gasteiger partial charge in [-0.3, -0.25) is 14.4 Å². The van der Waals surface area contributed by atoms with Crippen LogP contribution in [0, 0.1) is 5.92 Å². The molecular formula is C32H41N7O4. The number of methoxy groups -OCH3 is 1. The summed E-state index contributed by atoms with van der Waals surface area (Å²) in [5.41, 5.74) is 10.1. The maximum Gasteiger partial charge on any atom is 0.243 e. The van der Waals surface area contributed by atoms with Gasteiger partial charge in [-0.2, -0.15) is 0 Å². The van der Waals surface area contributed by atoms with Crippen LogP contribution in [-0.2, 0) is 34.4 Å². The normalized spacial score (nSPS) is 23.6. The molecule has 11 nitrogen and oxygen atoms in total. The molecule has 1 aromatic heterocycles. The SMILES string of the molecule is COc1ccc(C[C@@H]2C[C@@H](C(=O)NCc3ccc4c(c3)nnn4C)N(C(=O)[C@H](N)CCC(=O)N3[C@H]4CC[C@@H]3CC4)C2)cc1. The molecule has 3 saturated heterocycles. The molecule has 0 saturated carbocycles. The van der Waals surface area contributed by atoms with Gasteiger partial charge in [0.25, 0.3) is 0 Å². The van der Waals surface area contributed by atoms with Crippen molar-refractivity contribution in [2.24, 2.45) is 18.7 Å². The quantitative estimate of drug-likeness (QED) is 0.372. The smallest absolute Gasteiger partial charge is 0.243 e. The zero-order chi connectivity index (χ0) is 30.1. The number of hydrogen-bond acceptors (Lipinski definition) is 7. The number of carbonyl (C=O) groups excluding carboxylic acids is 3. The summed E-state index contributed by atoms with van der Waals surface area (Å²) in [6.07, 6.45) is 6.11. The number of hydrogen-bond donors (Lipinski definition) is 2. The molecule has 3 aliphatic rings. The van der Waals surface area contributed by atoms with Crippen LogP contribution in [0.2, 0.25) is 0 Å². The fraction of sp³-hybridized carbons (Fsp3) is 0.531. The van der Waals surface area contributed by atoms with Gasteiger partial charge in [-0.25, -0.2) is 4.68 Å². The maximum absolute atomic E-state index is 13.7. The summed E-state index contributed by atoms with van der Waals surface area (Å²) in [6.45, 7) is 0.748. The second kappa shape index (κ2) is 12.3. The number of aryl methyl sites for hydroxylation is 1. The molecule has 2 bridgehead atoms. The maximum atomic E-state index is 13.7. The number of rotatable bonds is 10. The van der Waals surface area contributed by atoms with E-state index in [1.165, 1.54) is 0 Å². The Hall–Kier alpha value is -3.99. The standard InChI is InChI=1S/C32H41N7O4/c1-37-28-13-5-21(16-27(28)35-36-37)18-34-31(41)29-17-22(15-20-3-10-25(43-2)11-4-20)19-38(29)32(42)26(33)12-14-30(40)39-23-6-7-24(39)9-8-23/h3-5,10-11,13,16,22-24,26,29H,6-9,12,14-15,17-19,33H2,1-2H3,(H,34,41)/t22-,23-,24+,26-,29+/m1/s1. The van der Waals surface area contributed by atoms with Gasteiger partial charge in [0, 0.05) is 38.6 Å². The number of nitrogens with one attached hydrogen (secondary N) is 1. The summed E-state index contributed by atoms with van der Waals surface area (Å²) in [6, 6.07) is 12.9. The van der Waals surface area contributed by atoms with E-state index in [0.717, 1.165) is 60.0 Å². The van der Waals surface area contributed by atoms with E-state index in [4.69, 9.17) is 10.5 Å². The zero-order valence-electron chi connectivity index (χ0n) is 24.9. The first-order valence-corrected chi connectivity index (χ1v) is 15.4. The number of amides is 3. The molecule has 3 atom stereocenters. The Morgan fingerprint density at radius 3 is 2.44 bits per heavy atom. The Bertz CT molecular complexity index is 1470. The third-order valence-corrected chi connectivity index (χ3v) is 9.53. The Labute approximate surface area is 251 Å². The van der Waals surface area contributed by atoms with Gasteiger partial charge >= 0.3 is 0 Å². The molecular weight excluding hydrogens is 546 g/mol. The lowest BCUT2D eigenvalue weighted by Crippen LogP contribution is -2.51. The third-order valence-electron chi connectivity index (χ3n) is 9.53. The molecule has 3 aliphatic heterocycles. The highest BCUT2D eigenvalue weighted by molar-refractivity contribution is 5.91. The monoisotopic (exact) mass is 587 g/mol. The highest BCUT2D eigenvalue weighted by Crippen LogP contribution is 2.38. The fourth-order valence-electron chi connectivity index (χ4n) is 7.23. The Kier molecular flexibility index (Phi) is 8.34. The van der Waals surface area contributed by atoms with E-state index >= 15 is 0 Å².